The predicted molar refractivity (Wildman–Crippen MR) is 164 cm³/mol. The lowest BCUT2D eigenvalue weighted by Gasteiger charge is -2.42. The van der Waals surface area contributed by atoms with Crippen molar-refractivity contribution in [2.45, 2.75) is 93.3 Å². The highest BCUT2D eigenvalue weighted by Crippen LogP contribution is 2.39. The molecule has 6 rings (SSSR count). The molecule has 1 aromatic heterocycles. The number of aromatic hydroxyl groups is 2. The van der Waals surface area contributed by atoms with E-state index in [9.17, 15) is 55.9 Å². The van der Waals surface area contributed by atoms with Gasteiger partial charge in [-0.1, -0.05) is 0 Å². The molecule has 3 aromatic rings. The Morgan fingerprint density at radius 3 is 2.12 bits per heavy atom. The SMILES string of the molecule is CC1O[C@@H](Oc2cc(O)c3c(=O)c(O[C@@H]4OC(C)[C@H](O[C@@H]5OCC(O)(CO)[C@@H]5O)C(O)[C@@H]4O)c(-c4ccc(O)cc4)oc3c2)[C@@H](O)C(O)[C@H]1O. The van der Waals surface area contributed by atoms with Crippen LogP contribution in [-0.2, 0) is 18.9 Å². The van der Waals surface area contributed by atoms with Crippen LogP contribution < -0.4 is 14.9 Å². The number of fused-ring (bicyclic) bond motifs is 1. The van der Waals surface area contributed by atoms with Crippen LogP contribution in [0.4, 0.5) is 0 Å². The largest absolute Gasteiger partial charge is 0.508 e. The van der Waals surface area contributed by atoms with Crippen LogP contribution in [0, 0.1) is 0 Å². The maximum atomic E-state index is 14.0. The number of benzene rings is 2. The Morgan fingerprint density at radius 2 is 1.46 bits per heavy atom. The number of aliphatic hydroxyl groups excluding tert-OH is 7. The second-order valence-corrected chi connectivity index (χ2v) is 12.5. The first-order chi connectivity index (χ1) is 23.6. The van der Waals surface area contributed by atoms with Gasteiger partial charge in [-0.25, -0.2) is 0 Å². The van der Waals surface area contributed by atoms with Gasteiger partial charge < -0.3 is 83.9 Å². The van der Waals surface area contributed by atoms with Crippen LogP contribution in [0.25, 0.3) is 22.3 Å². The van der Waals surface area contributed by atoms with Crippen LogP contribution in [0.2, 0.25) is 0 Å². The number of phenols is 2. The van der Waals surface area contributed by atoms with Gasteiger partial charge in [-0.3, -0.25) is 4.79 Å². The van der Waals surface area contributed by atoms with E-state index in [4.69, 9.17) is 32.8 Å². The van der Waals surface area contributed by atoms with Crippen LogP contribution in [-0.4, -0.2) is 144 Å². The van der Waals surface area contributed by atoms with Crippen molar-refractivity contribution in [1.82, 2.24) is 0 Å². The van der Waals surface area contributed by atoms with Gasteiger partial charge in [-0.15, -0.1) is 0 Å². The van der Waals surface area contributed by atoms with Crippen molar-refractivity contribution in [1.29, 1.82) is 0 Å². The van der Waals surface area contributed by atoms with Gasteiger partial charge in [-0.05, 0) is 38.1 Å². The molecule has 3 aliphatic heterocycles. The molecule has 3 aliphatic rings. The van der Waals surface area contributed by atoms with Gasteiger partial charge in [0.05, 0.1) is 25.4 Å². The Hall–Kier alpha value is -3.63. The first-order valence-electron chi connectivity index (χ1n) is 15.6. The molecule has 0 saturated carbocycles. The molecule has 5 unspecified atom stereocenters. The standard InChI is InChI=1S/C32H38O18/c1-11-19(36)21(38)23(40)29(45-11)47-15-7-16(35)18-17(8-15)48-26(13-3-5-14(34)6-4-13)27(20(18)37)50-30-24(41)22(39)25(12(2)46-30)49-31-28(42)32(43,9-33)10-44-31/h3-8,11-12,19,21-25,28-31,33-36,38-43H,9-10H2,1-2H3/t11?,12?,19-,21?,22?,23-,24-,25-,28+,29-,30-,31-,32?/m0/s1. The third-order valence-corrected chi connectivity index (χ3v) is 8.98. The Bertz CT molecular complexity index is 1730. The third-order valence-electron chi connectivity index (χ3n) is 8.98. The molecule has 10 N–H and O–H groups in total. The lowest BCUT2D eigenvalue weighted by Crippen LogP contribution is -2.60. The summed E-state index contributed by atoms with van der Waals surface area (Å²) in [5.74, 6) is -1.79. The number of hydrogen-bond donors (Lipinski definition) is 10. The summed E-state index contributed by atoms with van der Waals surface area (Å²) in [5, 5.41) is 103. The van der Waals surface area contributed by atoms with Crippen LogP contribution in [0.5, 0.6) is 23.0 Å². The topological polar surface area (TPSA) is 288 Å². The van der Waals surface area contributed by atoms with Crippen LogP contribution >= 0.6 is 0 Å². The summed E-state index contributed by atoms with van der Waals surface area (Å²) in [6.07, 6.45) is -18.1. The molecule has 4 heterocycles. The number of rotatable bonds is 8. The van der Waals surface area contributed by atoms with Gasteiger partial charge in [0, 0.05) is 17.7 Å². The van der Waals surface area contributed by atoms with Gasteiger partial charge in [-0.2, -0.15) is 0 Å². The zero-order valence-electron chi connectivity index (χ0n) is 26.5. The number of phenolic OH excluding ortho intramolecular Hbond substituents is 2. The van der Waals surface area contributed by atoms with Crippen LogP contribution in [0.15, 0.2) is 45.6 Å². The highest BCUT2D eigenvalue weighted by Gasteiger charge is 2.53. The van der Waals surface area contributed by atoms with E-state index in [0.29, 0.717) is 0 Å². The highest BCUT2D eigenvalue weighted by molar-refractivity contribution is 5.88. The minimum atomic E-state index is -2.01. The summed E-state index contributed by atoms with van der Waals surface area (Å²) >= 11 is 0. The molecule has 0 spiro atoms. The Labute approximate surface area is 282 Å². The molecule has 274 valence electrons. The minimum Gasteiger partial charge on any atom is -0.508 e. The Balaban J connectivity index is 1.31. The van der Waals surface area contributed by atoms with Crippen molar-refractivity contribution in [2.24, 2.45) is 0 Å². The summed E-state index contributed by atoms with van der Waals surface area (Å²) in [6.45, 7) is 1.58. The third kappa shape index (κ3) is 6.49. The average molecular weight is 711 g/mol. The maximum absolute atomic E-state index is 14.0. The second kappa shape index (κ2) is 13.8. The van der Waals surface area contributed by atoms with Crippen LogP contribution in [0.3, 0.4) is 0 Å². The summed E-state index contributed by atoms with van der Waals surface area (Å²) in [7, 11) is 0. The molecule has 0 aliphatic carbocycles. The van der Waals surface area contributed by atoms with Gasteiger partial charge in [0.2, 0.25) is 23.8 Å². The lowest BCUT2D eigenvalue weighted by atomic mass is 9.98. The molecular weight excluding hydrogens is 672 g/mol. The highest BCUT2D eigenvalue weighted by atomic mass is 16.7. The summed E-state index contributed by atoms with van der Waals surface area (Å²) in [4.78, 5) is 14.0. The van der Waals surface area contributed by atoms with Gasteiger partial charge >= 0.3 is 0 Å². The normalized spacial score (nSPS) is 37.6. The quantitative estimate of drug-likeness (QED) is 0.118. The van der Waals surface area contributed by atoms with E-state index < -0.39 is 115 Å². The van der Waals surface area contributed by atoms with E-state index in [-0.39, 0.29) is 28.4 Å². The molecule has 18 heteroatoms. The molecule has 13 atom stereocenters. The van der Waals surface area contributed by atoms with Crippen molar-refractivity contribution in [3.8, 4) is 34.3 Å². The van der Waals surface area contributed by atoms with Crippen molar-refractivity contribution in [2.75, 3.05) is 13.2 Å². The molecule has 18 nitrogen and oxygen atoms in total. The van der Waals surface area contributed by atoms with E-state index in [0.717, 1.165) is 6.07 Å². The number of aliphatic hydroxyl groups is 8. The maximum Gasteiger partial charge on any atom is 0.239 e. The molecule has 3 saturated heterocycles. The predicted octanol–water partition coefficient (Wildman–Crippen LogP) is -2.25. The molecule has 2 aromatic carbocycles. The van der Waals surface area contributed by atoms with Crippen LogP contribution in [0.1, 0.15) is 13.8 Å². The molecule has 0 radical (unpaired) electrons. The second-order valence-electron chi connectivity index (χ2n) is 12.5. The summed E-state index contributed by atoms with van der Waals surface area (Å²) < 4.78 is 39.6. The Kier molecular flexibility index (Phi) is 10.0. The van der Waals surface area contributed by atoms with E-state index >= 15 is 0 Å². The van der Waals surface area contributed by atoms with E-state index in [2.05, 4.69) is 0 Å². The molecule has 50 heavy (non-hydrogen) atoms. The summed E-state index contributed by atoms with van der Waals surface area (Å²) in [6, 6.07) is 7.55. The number of hydrogen-bond acceptors (Lipinski definition) is 18. The van der Waals surface area contributed by atoms with Crippen molar-refractivity contribution in [3.63, 3.8) is 0 Å². The lowest BCUT2D eigenvalue weighted by molar-refractivity contribution is -0.306. The van der Waals surface area contributed by atoms with Gasteiger partial charge in [0.1, 0.15) is 76.5 Å². The molecule has 0 bridgehead atoms. The minimum absolute atomic E-state index is 0.122. The van der Waals surface area contributed by atoms with E-state index in [1.165, 1.54) is 44.2 Å². The fourth-order valence-corrected chi connectivity index (χ4v) is 5.95. The zero-order chi connectivity index (χ0) is 36.2. The Morgan fingerprint density at radius 1 is 0.820 bits per heavy atom. The average Bonchev–Trinajstić information content (AvgIpc) is 3.37. The fourth-order valence-electron chi connectivity index (χ4n) is 5.95. The van der Waals surface area contributed by atoms with Gasteiger partial charge in [0.15, 0.2) is 12.1 Å². The van der Waals surface area contributed by atoms with Crippen molar-refractivity contribution in [3.05, 3.63) is 46.6 Å². The molecule has 0 amide bonds. The molecule has 3 fully saturated rings. The summed E-state index contributed by atoms with van der Waals surface area (Å²) in [5.41, 5.74) is -3.03. The van der Waals surface area contributed by atoms with E-state index in [1.54, 1.807) is 0 Å². The van der Waals surface area contributed by atoms with Crippen molar-refractivity contribution < 1.29 is 83.9 Å². The fraction of sp³-hybridized carbons (Fsp3) is 0.531. The smallest absolute Gasteiger partial charge is 0.239 e. The van der Waals surface area contributed by atoms with E-state index in [1.807, 2.05) is 0 Å². The van der Waals surface area contributed by atoms with Gasteiger partial charge in [0.25, 0.3) is 0 Å². The number of ether oxygens (including phenoxy) is 6. The first-order valence-corrected chi connectivity index (χ1v) is 15.6. The zero-order valence-corrected chi connectivity index (χ0v) is 26.5. The monoisotopic (exact) mass is 710 g/mol. The first kappa shape index (κ1) is 36.2. The molecular formula is C32H38O18. The van der Waals surface area contributed by atoms with Crippen molar-refractivity contribution >= 4 is 11.0 Å².